The number of hydrogen-bond donors (Lipinski definition) is 0. The molecule has 0 bridgehead atoms. The number of carbonyl (C=O) groups excluding carboxylic acids is 1. The Morgan fingerprint density at radius 3 is 2.43 bits per heavy atom. The van der Waals surface area contributed by atoms with Gasteiger partial charge in [0.05, 0.1) is 5.56 Å². The van der Waals surface area contributed by atoms with Crippen molar-refractivity contribution in [2.24, 2.45) is 0 Å². The van der Waals surface area contributed by atoms with Crippen molar-refractivity contribution in [1.29, 1.82) is 0 Å². The Morgan fingerprint density at radius 2 is 1.90 bits per heavy atom. The van der Waals surface area contributed by atoms with Gasteiger partial charge in [-0.3, -0.25) is 4.79 Å². The van der Waals surface area contributed by atoms with Crippen LogP contribution in [-0.4, -0.2) is 31.7 Å². The minimum Gasteiger partial charge on any atom is -0.381 e. The lowest BCUT2D eigenvalue weighted by molar-refractivity contribution is -0.140. The molecule has 1 heterocycles. The second kappa shape index (κ2) is 5.73. The van der Waals surface area contributed by atoms with Gasteiger partial charge in [-0.25, -0.2) is 4.39 Å². The molecule has 1 aromatic carbocycles. The van der Waals surface area contributed by atoms with Gasteiger partial charge >= 0.3 is 6.18 Å². The van der Waals surface area contributed by atoms with Crippen LogP contribution < -0.4 is 0 Å². The Balaban J connectivity index is 2.39. The normalized spacial score (nSPS) is 18.5. The first-order chi connectivity index (χ1) is 9.80. The Bertz CT molecular complexity index is 534. The minimum atomic E-state index is -4.85. The molecule has 0 spiro atoms. The Morgan fingerprint density at radius 1 is 1.29 bits per heavy atom. The van der Waals surface area contributed by atoms with Crippen LogP contribution in [0.5, 0.6) is 0 Å². The monoisotopic (exact) mass is 306 g/mol. The fraction of sp³-hybridized carbons (Fsp3) is 0.500. The van der Waals surface area contributed by atoms with Crippen LogP contribution in [0.15, 0.2) is 18.2 Å². The summed E-state index contributed by atoms with van der Waals surface area (Å²) < 4.78 is 61.8. The van der Waals surface area contributed by atoms with E-state index in [-0.39, 0.29) is 31.6 Å². The molecule has 0 saturated carbocycles. The molecule has 7 heteroatoms. The first kappa shape index (κ1) is 15.9. The number of methoxy groups -OCH3 is 1. The molecular weight excluding hydrogens is 292 g/mol. The van der Waals surface area contributed by atoms with Gasteiger partial charge in [0.1, 0.15) is 11.4 Å². The molecule has 116 valence electrons. The average Bonchev–Trinajstić information content (AvgIpc) is 2.46. The van der Waals surface area contributed by atoms with Crippen LogP contribution in [0.1, 0.15) is 28.8 Å². The van der Waals surface area contributed by atoms with Crippen LogP contribution in [0.4, 0.5) is 17.6 Å². The summed E-state index contributed by atoms with van der Waals surface area (Å²) in [7, 11) is 1.33. The van der Waals surface area contributed by atoms with Crippen molar-refractivity contribution in [2.75, 3.05) is 20.3 Å². The smallest absolute Gasteiger partial charge is 0.381 e. The maximum absolute atomic E-state index is 13.3. The van der Waals surface area contributed by atoms with E-state index in [2.05, 4.69) is 0 Å². The zero-order chi connectivity index (χ0) is 15.7. The third kappa shape index (κ3) is 3.08. The summed E-state index contributed by atoms with van der Waals surface area (Å²) in [4.78, 5) is 12.5. The Labute approximate surface area is 118 Å². The van der Waals surface area contributed by atoms with Crippen molar-refractivity contribution >= 4 is 5.78 Å². The van der Waals surface area contributed by atoms with Crippen molar-refractivity contribution in [3.63, 3.8) is 0 Å². The third-order valence-electron chi connectivity index (χ3n) is 3.64. The molecule has 0 aliphatic carbocycles. The van der Waals surface area contributed by atoms with E-state index in [1.807, 2.05) is 0 Å². The van der Waals surface area contributed by atoms with E-state index in [1.165, 1.54) is 7.11 Å². The topological polar surface area (TPSA) is 35.5 Å². The summed E-state index contributed by atoms with van der Waals surface area (Å²) >= 11 is 0. The van der Waals surface area contributed by atoms with Gasteiger partial charge in [0, 0.05) is 38.7 Å². The third-order valence-corrected chi connectivity index (χ3v) is 3.64. The van der Waals surface area contributed by atoms with Gasteiger partial charge in [0.2, 0.25) is 0 Å². The van der Waals surface area contributed by atoms with Crippen LogP contribution in [0, 0.1) is 5.82 Å². The van der Waals surface area contributed by atoms with E-state index in [9.17, 15) is 22.4 Å². The molecule has 0 N–H and O–H groups in total. The number of halogens is 4. The van der Waals surface area contributed by atoms with Gasteiger partial charge in [-0.2, -0.15) is 13.2 Å². The van der Waals surface area contributed by atoms with Gasteiger partial charge in [0.25, 0.3) is 0 Å². The lowest BCUT2D eigenvalue weighted by atomic mass is 9.85. The molecule has 21 heavy (non-hydrogen) atoms. The maximum atomic E-state index is 13.3. The summed E-state index contributed by atoms with van der Waals surface area (Å²) in [5.41, 5.74) is -2.88. The number of alkyl halides is 3. The molecule has 2 rings (SSSR count). The molecule has 1 aliphatic rings. The van der Waals surface area contributed by atoms with E-state index in [1.54, 1.807) is 0 Å². The van der Waals surface area contributed by atoms with Gasteiger partial charge in [-0.15, -0.1) is 0 Å². The number of hydrogen-bond acceptors (Lipinski definition) is 3. The second-order valence-corrected chi connectivity index (χ2v) is 4.83. The van der Waals surface area contributed by atoms with E-state index < -0.39 is 28.9 Å². The first-order valence-corrected chi connectivity index (χ1v) is 6.34. The second-order valence-electron chi connectivity index (χ2n) is 4.83. The lowest BCUT2D eigenvalue weighted by Gasteiger charge is -2.34. The van der Waals surface area contributed by atoms with Crippen LogP contribution >= 0.6 is 0 Å². The van der Waals surface area contributed by atoms with Crippen LogP contribution in [0.25, 0.3) is 0 Å². The largest absolute Gasteiger partial charge is 0.419 e. The number of benzene rings is 1. The molecule has 0 radical (unpaired) electrons. The Kier molecular flexibility index (Phi) is 4.34. The predicted octanol–water partition coefficient (Wildman–Crippen LogP) is 3.22. The Hall–Kier alpha value is -1.47. The van der Waals surface area contributed by atoms with Gasteiger partial charge in [0.15, 0.2) is 5.78 Å². The van der Waals surface area contributed by atoms with E-state index in [0.717, 1.165) is 6.07 Å². The first-order valence-electron chi connectivity index (χ1n) is 6.34. The van der Waals surface area contributed by atoms with Crippen molar-refractivity contribution in [3.05, 3.63) is 35.1 Å². The van der Waals surface area contributed by atoms with E-state index >= 15 is 0 Å². The highest BCUT2D eigenvalue weighted by Gasteiger charge is 2.42. The molecular formula is C14H14F4O3. The molecule has 1 aliphatic heterocycles. The van der Waals surface area contributed by atoms with Gasteiger partial charge in [-0.05, 0) is 18.2 Å². The van der Waals surface area contributed by atoms with Crippen molar-refractivity contribution in [3.8, 4) is 0 Å². The number of Topliss-reactive ketones (excluding diaryl/α,β-unsaturated/α-hetero) is 1. The summed E-state index contributed by atoms with van der Waals surface area (Å²) in [6.07, 6.45) is -4.35. The van der Waals surface area contributed by atoms with Crippen LogP contribution in [0.2, 0.25) is 0 Å². The summed E-state index contributed by atoms with van der Waals surface area (Å²) in [5.74, 6) is -1.99. The average molecular weight is 306 g/mol. The highest BCUT2D eigenvalue weighted by Crippen LogP contribution is 2.34. The van der Waals surface area contributed by atoms with E-state index in [4.69, 9.17) is 9.47 Å². The SMILES string of the molecule is COC1(C(=O)c2ccc(F)c(C(F)(F)F)c2)CCOCC1. The molecule has 0 unspecified atom stereocenters. The van der Waals surface area contributed by atoms with Gasteiger partial charge in [-0.1, -0.05) is 0 Å². The van der Waals surface area contributed by atoms with Crippen molar-refractivity contribution < 1.29 is 31.8 Å². The maximum Gasteiger partial charge on any atom is 0.419 e. The fourth-order valence-corrected chi connectivity index (χ4v) is 2.37. The zero-order valence-electron chi connectivity index (χ0n) is 11.3. The highest BCUT2D eigenvalue weighted by molar-refractivity contribution is 6.02. The lowest BCUT2D eigenvalue weighted by Crippen LogP contribution is -2.45. The quantitative estimate of drug-likeness (QED) is 0.635. The minimum absolute atomic E-state index is 0.215. The molecule has 0 amide bonds. The molecule has 1 saturated heterocycles. The molecule has 0 aromatic heterocycles. The molecule has 3 nitrogen and oxygen atoms in total. The van der Waals surface area contributed by atoms with Gasteiger partial charge < -0.3 is 9.47 Å². The molecule has 1 aromatic rings. The van der Waals surface area contributed by atoms with Crippen molar-refractivity contribution in [1.82, 2.24) is 0 Å². The van der Waals surface area contributed by atoms with Crippen LogP contribution in [-0.2, 0) is 15.7 Å². The predicted molar refractivity (Wildman–Crippen MR) is 65.5 cm³/mol. The number of ether oxygens (including phenoxy) is 2. The number of ketones is 1. The molecule has 1 fully saturated rings. The number of rotatable bonds is 3. The summed E-state index contributed by atoms with van der Waals surface area (Å²) in [5, 5.41) is 0. The van der Waals surface area contributed by atoms with Crippen LogP contribution in [0.3, 0.4) is 0 Å². The zero-order valence-corrected chi connectivity index (χ0v) is 11.3. The standard InChI is InChI=1S/C14H14F4O3/c1-20-13(4-6-21-7-5-13)12(19)9-2-3-11(15)10(8-9)14(16,17)18/h2-3,8H,4-7H2,1H3. The fourth-order valence-electron chi connectivity index (χ4n) is 2.37. The number of carbonyl (C=O) groups is 1. The summed E-state index contributed by atoms with van der Waals surface area (Å²) in [6.45, 7) is 0.569. The highest BCUT2D eigenvalue weighted by atomic mass is 19.4. The van der Waals surface area contributed by atoms with Crippen molar-refractivity contribution in [2.45, 2.75) is 24.6 Å². The van der Waals surface area contributed by atoms with E-state index in [0.29, 0.717) is 12.1 Å². The molecule has 0 atom stereocenters. The summed E-state index contributed by atoms with van der Waals surface area (Å²) in [6, 6.07) is 2.23.